The molecule has 3 heterocycles. The van der Waals surface area contributed by atoms with E-state index in [4.69, 9.17) is 0 Å². The number of aromatic nitrogens is 3. The largest absolute Gasteiger partial charge is 0.408 e. The van der Waals surface area contributed by atoms with Crippen LogP contribution in [0.4, 0.5) is 13.2 Å². The summed E-state index contributed by atoms with van der Waals surface area (Å²) in [6, 6.07) is 1.41. The van der Waals surface area contributed by atoms with Gasteiger partial charge in [-0.1, -0.05) is 0 Å². The van der Waals surface area contributed by atoms with Crippen LogP contribution in [-0.4, -0.2) is 44.8 Å². The fraction of sp³-hybridized carbons (Fsp3) is 0.562. The monoisotopic (exact) mass is 416 g/mol. The Morgan fingerprint density at radius 2 is 1.96 bits per heavy atom. The SMILES string of the molecule is O=C(c1cc2c(cn1)c(Br)nn2CC(F)(F)F)N1CC2CCC(C2)C1. The highest BCUT2D eigenvalue weighted by molar-refractivity contribution is 9.10. The predicted molar refractivity (Wildman–Crippen MR) is 88.0 cm³/mol. The summed E-state index contributed by atoms with van der Waals surface area (Å²) in [5.41, 5.74) is 0.423. The Bertz CT molecular complexity index is 823. The highest BCUT2D eigenvalue weighted by Crippen LogP contribution is 2.37. The van der Waals surface area contributed by atoms with Crippen molar-refractivity contribution in [2.24, 2.45) is 11.8 Å². The molecule has 5 nitrogen and oxygen atoms in total. The number of pyridine rings is 1. The van der Waals surface area contributed by atoms with Crippen molar-refractivity contribution in [1.29, 1.82) is 0 Å². The highest BCUT2D eigenvalue weighted by Gasteiger charge is 2.36. The zero-order valence-corrected chi connectivity index (χ0v) is 14.8. The molecule has 2 atom stereocenters. The number of hydrogen-bond donors (Lipinski definition) is 0. The van der Waals surface area contributed by atoms with E-state index in [1.165, 1.54) is 18.7 Å². The maximum atomic E-state index is 12.8. The summed E-state index contributed by atoms with van der Waals surface area (Å²) >= 11 is 3.15. The molecule has 9 heteroatoms. The van der Waals surface area contributed by atoms with Gasteiger partial charge >= 0.3 is 6.18 Å². The molecule has 0 aromatic carbocycles. The van der Waals surface area contributed by atoms with Crippen LogP contribution in [0.3, 0.4) is 0 Å². The molecule has 1 amide bonds. The van der Waals surface area contributed by atoms with Crippen molar-refractivity contribution in [2.75, 3.05) is 13.1 Å². The lowest BCUT2D eigenvalue weighted by molar-refractivity contribution is -0.141. The van der Waals surface area contributed by atoms with Crippen LogP contribution in [0, 0.1) is 11.8 Å². The Morgan fingerprint density at radius 1 is 1.28 bits per heavy atom. The molecular weight excluding hydrogens is 401 g/mol. The second-order valence-corrected chi connectivity index (χ2v) is 7.66. The van der Waals surface area contributed by atoms with Gasteiger partial charge in [-0.05, 0) is 53.1 Å². The van der Waals surface area contributed by atoms with E-state index < -0.39 is 12.7 Å². The number of rotatable bonds is 2. The molecule has 25 heavy (non-hydrogen) atoms. The Morgan fingerprint density at radius 3 is 2.60 bits per heavy atom. The molecule has 0 N–H and O–H groups in total. The summed E-state index contributed by atoms with van der Waals surface area (Å²) in [5.74, 6) is 0.863. The lowest BCUT2D eigenvalue weighted by atomic mass is 9.98. The van der Waals surface area contributed by atoms with Crippen LogP contribution in [-0.2, 0) is 6.54 Å². The van der Waals surface area contributed by atoms with Gasteiger partial charge in [-0.25, -0.2) is 0 Å². The van der Waals surface area contributed by atoms with Crippen molar-refractivity contribution in [3.05, 3.63) is 22.6 Å². The Labute approximate surface area is 150 Å². The molecule has 1 saturated heterocycles. The van der Waals surface area contributed by atoms with E-state index in [2.05, 4.69) is 26.0 Å². The van der Waals surface area contributed by atoms with Crippen LogP contribution in [0.25, 0.3) is 10.9 Å². The molecule has 134 valence electrons. The Hall–Kier alpha value is -1.64. The molecule has 2 bridgehead atoms. The van der Waals surface area contributed by atoms with Gasteiger partial charge in [-0.15, -0.1) is 0 Å². The average molecular weight is 417 g/mol. The molecular formula is C16H16BrF3N4O. The molecule has 0 radical (unpaired) electrons. The third kappa shape index (κ3) is 3.26. The molecule has 2 unspecified atom stereocenters. The van der Waals surface area contributed by atoms with E-state index in [1.807, 2.05) is 0 Å². The minimum Gasteiger partial charge on any atom is -0.337 e. The number of carbonyl (C=O) groups excluding carboxylic acids is 1. The molecule has 1 saturated carbocycles. The van der Waals surface area contributed by atoms with Crippen molar-refractivity contribution in [3.8, 4) is 0 Å². The summed E-state index contributed by atoms with van der Waals surface area (Å²) in [6.45, 7) is 0.210. The van der Waals surface area contributed by atoms with E-state index >= 15 is 0 Å². The summed E-state index contributed by atoms with van der Waals surface area (Å²) < 4.78 is 39.4. The number of likely N-dealkylation sites (tertiary alicyclic amines) is 1. The molecule has 4 rings (SSSR count). The third-order valence-electron chi connectivity index (χ3n) is 5.03. The van der Waals surface area contributed by atoms with E-state index in [0.29, 0.717) is 30.3 Å². The number of piperidine rings is 1. The van der Waals surface area contributed by atoms with Crippen molar-refractivity contribution in [3.63, 3.8) is 0 Å². The molecule has 2 fully saturated rings. The number of alkyl halides is 3. The van der Waals surface area contributed by atoms with E-state index in [9.17, 15) is 18.0 Å². The van der Waals surface area contributed by atoms with Gasteiger partial charge in [-0.3, -0.25) is 14.5 Å². The van der Waals surface area contributed by atoms with Crippen LogP contribution < -0.4 is 0 Å². The maximum absolute atomic E-state index is 12.8. The first kappa shape index (κ1) is 16.8. The van der Waals surface area contributed by atoms with Crippen LogP contribution in [0.1, 0.15) is 29.8 Å². The molecule has 0 spiro atoms. The molecule has 1 aliphatic carbocycles. The van der Waals surface area contributed by atoms with E-state index in [1.54, 1.807) is 4.90 Å². The number of carbonyl (C=O) groups is 1. The van der Waals surface area contributed by atoms with Crippen molar-refractivity contribution in [2.45, 2.75) is 32.0 Å². The maximum Gasteiger partial charge on any atom is 0.408 e. The lowest BCUT2D eigenvalue weighted by Crippen LogP contribution is -2.41. The Balaban J connectivity index is 1.66. The predicted octanol–water partition coefficient (Wildman–Crippen LogP) is 3.63. The number of fused-ring (bicyclic) bond motifs is 3. The molecule has 2 aliphatic rings. The van der Waals surface area contributed by atoms with Gasteiger partial charge < -0.3 is 4.90 Å². The first-order chi connectivity index (χ1) is 11.8. The fourth-order valence-electron chi connectivity index (χ4n) is 3.97. The first-order valence-electron chi connectivity index (χ1n) is 8.18. The standard InChI is InChI=1S/C16H16BrF3N4O/c17-14-11-5-21-12(4-13(11)24(22-14)8-16(18,19)20)15(25)23-6-9-1-2-10(3-9)7-23/h4-5,9-10H,1-3,6-8H2. The van der Waals surface area contributed by atoms with Crippen LogP contribution >= 0.6 is 15.9 Å². The van der Waals surface area contributed by atoms with Gasteiger partial charge in [0.15, 0.2) is 0 Å². The van der Waals surface area contributed by atoms with Crippen LogP contribution in [0.15, 0.2) is 16.9 Å². The number of hydrogen-bond acceptors (Lipinski definition) is 3. The number of nitrogens with zero attached hydrogens (tertiary/aromatic N) is 4. The smallest absolute Gasteiger partial charge is 0.337 e. The summed E-state index contributed by atoms with van der Waals surface area (Å²) in [6.07, 6.45) is 0.475. The molecule has 2 aromatic rings. The van der Waals surface area contributed by atoms with E-state index in [-0.39, 0.29) is 21.7 Å². The number of amides is 1. The summed E-state index contributed by atoms with van der Waals surface area (Å²) in [5, 5.41) is 4.33. The summed E-state index contributed by atoms with van der Waals surface area (Å²) in [7, 11) is 0. The lowest BCUT2D eigenvalue weighted by Gasteiger charge is -2.31. The van der Waals surface area contributed by atoms with Crippen LogP contribution in [0.2, 0.25) is 0 Å². The van der Waals surface area contributed by atoms with Gasteiger partial charge in [0, 0.05) is 19.3 Å². The zero-order chi connectivity index (χ0) is 17.8. The van der Waals surface area contributed by atoms with Gasteiger partial charge in [0.2, 0.25) is 0 Å². The fourth-order valence-corrected chi connectivity index (χ4v) is 4.47. The summed E-state index contributed by atoms with van der Waals surface area (Å²) in [4.78, 5) is 18.7. The van der Waals surface area contributed by atoms with Crippen molar-refractivity contribution < 1.29 is 18.0 Å². The second-order valence-electron chi connectivity index (χ2n) is 6.91. The minimum atomic E-state index is -4.39. The quantitative estimate of drug-likeness (QED) is 0.750. The molecule has 1 aliphatic heterocycles. The van der Waals surface area contributed by atoms with Crippen LogP contribution in [0.5, 0.6) is 0 Å². The number of halogens is 4. The van der Waals surface area contributed by atoms with Gasteiger partial charge in [0.1, 0.15) is 16.8 Å². The highest BCUT2D eigenvalue weighted by atomic mass is 79.9. The normalized spacial score (nSPS) is 23.4. The first-order valence-corrected chi connectivity index (χ1v) is 8.97. The van der Waals surface area contributed by atoms with E-state index in [0.717, 1.165) is 17.5 Å². The molecule has 2 aromatic heterocycles. The van der Waals surface area contributed by atoms with Gasteiger partial charge in [0.25, 0.3) is 5.91 Å². The topological polar surface area (TPSA) is 51.0 Å². The average Bonchev–Trinajstić information content (AvgIpc) is 3.04. The third-order valence-corrected chi connectivity index (χ3v) is 5.62. The van der Waals surface area contributed by atoms with Gasteiger partial charge in [0.05, 0.1) is 10.9 Å². The van der Waals surface area contributed by atoms with Gasteiger partial charge in [-0.2, -0.15) is 18.3 Å². The minimum absolute atomic E-state index is 0.171. The van der Waals surface area contributed by atoms with Crippen molar-refractivity contribution in [1.82, 2.24) is 19.7 Å². The second kappa shape index (κ2) is 5.96. The Kier molecular flexibility index (Phi) is 4.01. The van der Waals surface area contributed by atoms with Crippen molar-refractivity contribution >= 4 is 32.7 Å². The zero-order valence-electron chi connectivity index (χ0n) is 13.3.